The highest BCUT2D eigenvalue weighted by Crippen LogP contribution is 2.10. The van der Waals surface area contributed by atoms with Gasteiger partial charge in [0.2, 0.25) is 0 Å². The number of benzene rings is 1. The smallest absolute Gasteiger partial charge is 0.251 e. The number of nitrogens with one attached hydrogen (secondary N) is 2. The Morgan fingerprint density at radius 1 is 1.35 bits per heavy atom. The summed E-state index contributed by atoms with van der Waals surface area (Å²) in [6.45, 7) is 2.90. The number of carbonyl (C=O) groups excluding carboxylic acids is 1. The Hall–Kier alpha value is -1.16. The van der Waals surface area contributed by atoms with Crippen molar-refractivity contribution in [2.75, 3.05) is 25.2 Å². The van der Waals surface area contributed by atoms with E-state index in [-0.39, 0.29) is 5.91 Å². The SMILES string of the molecule is CNc1ccc(C(=O)NCCC(C)SC)cc1. The first-order chi connectivity index (χ1) is 8.17. The van der Waals surface area contributed by atoms with Crippen LogP contribution < -0.4 is 10.6 Å². The van der Waals surface area contributed by atoms with Crippen molar-refractivity contribution in [1.29, 1.82) is 0 Å². The topological polar surface area (TPSA) is 41.1 Å². The maximum atomic E-state index is 11.8. The second-order valence-electron chi connectivity index (χ2n) is 3.92. The molecule has 0 aliphatic heterocycles. The molecule has 0 spiro atoms. The minimum absolute atomic E-state index is 0.000885. The van der Waals surface area contributed by atoms with Crippen LogP contribution in [0.3, 0.4) is 0 Å². The highest BCUT2D eigenvalue weighted by molar-refractivity contribution is 7.99. The molecule has 4 heteroatoms. The molecule has 3 nitrogen and oxygen atoms in total. The molecule has 1 unspecified atom stereocenters. The summed E-state index contributed by atoms with van der Waals surface area (Å²) in [6, 6.07) is 7.47. The largest absolute Gasteiger partial charge is 0.388 e. The minimum Gasteiger partial charge on any atom is -0.388 e. The number of anilines is 1. The van der Waals surface area contributed by atoms with Gasteiger partial charge in [-0.1, -0.05) is 6.92 Å². The third-order valence-electron chi connectivity index (χ3n) is 2.67. The third-order valence-corrected chi connectivity index (χ3v) is 3.71. The van der Waals surface area contributed by atoms with Crippen LogP contribution in [0.4, 0.5) is 5.69 Å². The van der Waals surface area contributed by atoms with Crippen molar-refractivity contribution in [3.63, 3.8) is 0 Å². The standard InChI is InChI=1S/C13H20N2OS/c1-10(17-3)8-9-15-13(16)11-4-6-12(14-2)7-5-11/h4-7,10,14H,8-9H2,1-3H3,(H,15,16). The van der Waals surface area contributed by atoms with Crippen molar-refractivity contribution in [3.8, 4) is 0 Å². The Labute approximate surface area is 107 Å². The molecule has 1 amide bonds. The van der Waals surface area contributed by atoms with Gasteiger partial charge < -0.3 is 10.6 Å². The lowest BCUT2D eigenvalue weighted by Gasteiger charge is -2.09. The highest BCUT2D eigenvalue weighted by atomic mass is 32.2. The van der Waals surface area contributed by atoms with Gasteiger partial charge in [-0.05, 0) is 36.9 Å². The molecule has 1 rings (SSSR count). The number of hydrogen-bond donors (Lipinski definition) is 2. The summed E-state index contributed by atoms with van der Waals surface area (Å²) >= 11 is 1.82. The average Bonchev–Trinajstić information content (AvgIpc) is 2.38. The van der Waals surface area contributed by atoms with E-state index in [1.807, 2.05) is 43.1 Å². The first-order valence-electron chi connectivity index (χ1n) is 5.76. The highest BCUT2D eigenvalue weighted by Gasteiger charge is 2.05. The van der Waals surface area contributed by atoms with Gasteiger partial charge in [-0.15, -0.1) is 0 Å². The predicted octanol–water partition coefficient (Wildman–Crippen LogP) is 2.60. The van der Waals surface area contributed by atoms with Gasteiger partial charge in [0.25, 0.3) is 5.91 Å². The van der Waals surface area contributed by atoms with E-state index < -0.39 is 0 Å². The molecule has 0 heterocycles. The van der Waals surface area contributed by atoms with Crippen LogP contribution in [0.5, 0.6) is 0 Å². The van der Waals surface area contributed by atoms with Crippen molar-refractivity contribution in [3.05, 3.63) is 29.8 Å². The van der Waals surface area contributed by atoms with E-state index in [0.29, 0.717) is 10.8 Å². The van der Waals surface area contributed by atoms with Crippen LogP contribution in [0.25, 0.3) is 0 Å². The lowest BCUT2D eigenvalue weighted by molar-refractivity contribution is 0.0953. The fraction of sp³-hybridized carbons (Fsp3) is 0.462. The molecule has 0 aliphatic rings. The van der Waals surface area contributed by atoms with Crippen LogP contribution in [-0.2, 0) is 0 Å². The van der Waals surface area contributed by atoms with Crippen LogP contribution in [0, 0.1) is 0 Å². The molecular formula is C13H20N2OS. The second-order valence-corrected chi connectivity index (χ2v) is 5.19. The summed E-state index contributed by atoms with van der Waals surface area (Å²) in [4.78, 5) is 11.8. The van der Waals surface area contributed by atoms with E-state index >= 15 is 0 Å². The summed E-state index contributed by atoms with van der Waals surface area (Å²) in [5.74, 6) is 0.000885. The zero-order chi connectivity index (χ0) is 12.7. The van der Waals surface area contributed by atoms with Crippen molar-refractivity contribution in [2.45, 2.75) is 18.6 Å². The zero-order valence-corrected chi connectivity index (χ0v) is 11.4. The number of hydrogen-bond acceptors (Lipinski definition) is 3. The van der Waals surface area contributed by atoms with Crippen LogP contribution >= 0.6 is 11.8 Å². The Balaban J connectivity index is 2.41. The Kier molecular flexibility index (Phi) is 5.91. The van der Waals surface area contributed by atoms with E-state index in [0.717, 1.165) is 18.7 Å². The minimum atomic E-state index is 0.000885. The summed E-state index contributed by atoms with van der Waals surface area (Å²) < 4.78 is 0. The van der Waals surface area contributed by atoms with Crippen LogP contribution in [0.15, 0.2) is 24.3 Å². The fourth-order valence-corrected chi connectivity index (χ4v) is 1.75. The maximum Gasteiger partial charge on any atom is 0.251 e. The first kappa shape index (κ1) is 13.9. The lowest BCUT2D eigenvalue weighted by atomic mass is 10.2. The van der Waals surface area contributed by atoms with Gasteiger partial charge in [-0.3, -0.25) is 4.79 Å². The van der Waals surface area contributed by atoms with Crippen molar-refractivity contribution in [1.82, 2.24) is 5.32 Å². The average molecular weight is 252 g/mol. The second kappa shape index (κ2) is 7.22. The summed E-state index contributed by atoms with van der Waals surface area (Å²) in [6.07, 6.45) is 3.09. The summed E-state index contributed by atoms with van der Waals surface area (Å²) in [7, 11) is 1.86. The van der Waals surface area contributed by atoms with E-state index in [2.05, 4.69) is 23.8 Å². The Bertz CT molecular complexity index is 351. The fourth-order valence-electron chi connectivity index (χ4n) is 1.40. The number of thioether (sulfide) groups is 1. The van der Waals surface area contributed by atoms with Gasteiger partial charge in [0.1, 0.15) is 0 Å². The van der Waals surface area contributed by atoms with Gasteiger partial charge in [-0.2, -0.15) is 11.8 Å². The molecule has 0 saturated heterocycles. The monoisotopic (exact) mass is 252 g/mol. The molecular weight excluding hydrogens is 232 g/mol. The molecule has 0 bridgehead atoms. The molecule has 17 heavy (non-hydrogen) atoms. The molecule has 1 aromatic rings. The number of carbonyl (C=O) groups is 1. The van der Waals surface area contributed by atoms with Gasteiger partial charge in [-0.25, -0.2) is 0 Å². The summed E-state index contributed by atoms with van der Waals surface area (Å²) in [5.41, 5.74) is 1.72. The van der Waals surface area contributed by atoms with Crippen molar-refractivity contribution in [2.24, 2.45) is 0 Å². The van der Waals surface area contributed by atoms with Crippen LogP contribution in [0.2, 0.25) is 0 Å². The van der Waals surface area contributed by atoms with E-state index in [4.69, 9.17) is 0 Å². The zero-order valence-electron chi connectivity index (χ0n) is 10.6. The summed E-state index contributed by atoms with van der Waals surface area (Å²) in [5, 5.41) is 6.54. The van der Waals surface area contributed by atoms with Gasteiger partial charge in [0.05, 0.1) is 0 Å². The van der Waals surface area contributed by atoms with Crippen molar-refractivity contribution < 1.29 is 4.79 Å². The predicted molar refractivity (Wildman–Crippen MR) is 75.9 cm³/mol. The van der Waals surface area contributed by atoms with Crippen molar-refractivity contribution >= 4 is 23.4 Å². The molecule has 1 atom stereocenters. The molecule has 0 fully saturated rings. The maximum absolute atomic E-state index is 11.8. The first-order valence-corrected chi connectivity index (χ1v) is 7.05. The normalized spacial score (nSPS) is 11.9. The van der Waals surface area contributed by atoms with E-state index in [9.17, 15) is 4.79 Å². The molecule has 0 saturated carbocycles. The Morgan fingerprint density at radius 2 is 2.00 bits per heavy atom. The number of amides is 1. The third kappa shape index (κ3) is 4.69. The molecule has 2 N–H and O–H groups in total. The van der Waals surface area contributed by atoms with E-state index in [1.165, 1.54) is 0 Å². The van der Waals surface area contributed by atoms with Crippen LogP contribution in [-0.4, -0.2) is 31.0 Å². The molecule has 0 aliphatic carbocycles. The molecule has 0 aromatic heterocycles. The number of rotatable bonds is 6. The molecule has 94 valence electrons. The van der Waals surface area contributed by atoms with E-state index in [1.54, 1.807) is 0 Å². The van der Waals surface area contributed by atoms with Crippen LogP contribution in [0.1, 0.15) is 23.7 Å². The quantitative estimate of drug-likeness (QED) is 0.817. The van der Waals surface area contributed by atoms with Gasteiger partial charge >= 0.3 is 0 Å². The van der Waals surface area contributed by atoms with Gasteiger partial charge in [0.15, 0.2) is 0 Å². The lowest BCUT2D eigenvalue weighted by Crippen LogP contribution is -2.25. The molecule has 0 radical (unpaired) electrons. The Morgan fingerprint density at radius 3 is 2.53 bits per heavy atom. The molecule has 1 aromatic carbocycles. The van der Waals surface area contributed by atoms with Gasteiger partial charge in [0, 0.05) is 30.1 Å².